The van der Waals surface area contributed by atoms with Crippen molar-refractivity contribution in [2.75, 3.05) is 24.6 Å². The third kappa shape index (κ3) is 3.98. The third-order valence-electron chi connectivity index (χ3n) is 4.17. The van der Waals surface area contributed by atoms with Crippen LogP contribution in [0.1, 0.15) is 24.1 Å². The second kappa shape index (κ2) is 7.10. The molecule has 1 aliphatic heterocycles. The second-order valence-corrected chi connectivity index (χ2v) is 5.89. The van der Waals surface area contributed by atoms with Gasteiger partial charge < -0.3 is 9.64 Å². The van der Waals surface area contributed by atoms with Crippen molar-refractivity contribution in [3.8, 4) is 11.8 Å². The van der Waals surface area contributed by atoms with Gasteiger partial charge in [-0.2, -0.15) is 5.26 Å². The smallest absolute Gasteiger partial charge is 0.129 e. The molecule has 3 heterocycles. The summed E-state index contributed by atoms with van der Waals surface area (Å²) in [5.41, 5.74) is 1.63. The first kappa shape index (κ1) is 15.3. The molecule has 0 amide bonds. The van der Waals surface area contributed by atoms with Crippen molar-refractivity contribution in [2.45, 2.75) is 19.8 Å². The first-order valence-electron chi connectivity index (χ1n) is 7.91. The highest BCUT2D eigenvalue weighted by Crippen LogP contribution is 2.23. The number of hydrogen-bond acceptors (Lipinski definition) is 5. The summed E-state index contributed by atoms with van der Waals surface area (Å²) in [5, 5.41) is 8.98. The Bertz CT molecular complexity index is 702. The van der Waals surface area contributed by atoms with E-state index in [1.54, 1.807) is 18.5 Å². The predicted molar refractivity (Wildman–Crippen MR) is 88.4 cm³/mol. The van der Waals surface area contributed by atoms with E-state index in [9.17, 15) is 0 Å². The highest BCUT2D eigenvalue weighted by molar-refractivity contribution is 5.45. The van der Waals surface area contributed by atoms with Gasteiger partial charge in [-0.05, 0) is 43.9 Å². The molecule has 3 rings (SSSR count). The van der Waals surface area contributed by atoms with Crippen molar-refractivity contribution in [3.05, 3.63) is 47.9 Å². The van der Waals surface area contributed by atoms with Gasteiger partial charge in [-0.15, -0.1) is 0 Å². The van der Waals surface area contributed by atoms with E-state index in [-0.39, 0.29) is 0 Å². The summed E-state index contributed by atoms with van der Waals surface area (Å²) in [5.74, 6) is 2.34. The standard InChI is InChI=1S/C18H20N4O/c1-14-10-17(3-7-20-14)23-13-15-4-8-22(9-5-15)18-11-16(12-19)2-6-21-18/h2-3,6-7,10-11,15H,4-5,8-9,13H2,1H3. The molecule has 1 saturated heterocycles. The minimum absolute atomic E-state index is 0.555. The van der Waals surface area contributed by atoms with Crippen LogP contribution in [0.2, 0.25) is 0 Å². The van der Waals surface area contributed by atoms with Crippen LogP contribution in [-0.2, 0) is 0 Å². The number of rotatable bonds is 4. The van der Waals surface area contributed by atoms with Crippen LogP contribution in [0.25, 0.3) is 0 Å². The summed E-state index contributed by atoms with van der Waals surface area (Å²) in [7, 11) is 0. The third-order valence-corrected chi connectivity index (χ3v) is 4.17. The molecule has 0 radical (unpaired) electrons. The predicted octanol–water partition coefficient (Wildman–Crippen LogP) is 2.95. The van der Waals surface area contributed by atoms with Crippen LogP contribution in [0, 0.1) is 24.2 Å². The van der Waals surface area contributed by atoms with E-state index < -0.39 is 0 Å². The fourth-order valence-electron chi connectivity index (χ4n) is 2.81. The van der Waals surface area contributed by atoms with E-state index in [2.05, 4.69) is 20.9 Å². The van der Waals surface area contributed by atoms with Gasteiger partial charge in [0.05, 0.1) is 18.2 Å². The normalized spacial score (nSPS) is 15.2. The van der Waals surface area contributed by atoms with Gasteiger partial charge in [0.2, 0.25) is 0 Å². The molecule has 2 aromatic rings. The van der Waals surface area contributed by atoms with Gasteiger partial charge in [0.25, 0.3) is 0 Å². The van der Waals surface area contributed by atoms with E-state index in [0.29, 0.717) is 11.5 Å². The van der Waals surface area contributed by atoms with E-state index in [0.717, 1.165) is 49.8 Å². The first-order chi connectivity index (χ1) is 11.2. The lowest BCUT2D eigenvalue weighted by Crippen LogP contribution is -2.36. The minimum Gasteiger partial charge on any atom is -0.493 e. The van der Waals surface area contributed by atoms with Gasteiger partial charge in [-0.3, -0.25) is 4.98 Å². The summed E-state index contributed by atoms with van der Waals surface area (Å²) in [6.07, 6.45) is 5.63. The highest BCUT2D eigenvalue weighted by atomic mass is 16.5. The zero-order valence-corrected chi connectivity index (χ0v) is 13.3. The molecule has 2 aromatic heterocycles. The highest BCUT2D eigenvalue weighted by Gasteiger charge is 2.21. The van der Waals surface area contributed by atoms with Crippen LogP contribution in [0.5, 0.6) is 5.75 Å². The molecule has 1 fully saturated rings. The van der Waals surface area contributed by atoms with Crippen molar-refractivity contribution >= 4 is 5.82 Å². The Morgan fingerprint density at radius 3 is 2.74 bits per heavy atom. The molecule has 1 aliphatic rings. The topological polar surface area (TPSA) is 62.0 Å². The van der Waals surface area contributed by atoms with Gasteiger partial charge in [0.15, 0.2) is 0 Å². The summed E-state index contributed by atoms with van der Waals surface area (Å²) in [4.78, 5) is 10.8. The van der Waals surface area contributed by atoms with Gasteiger partial charge >= 0.3 is 0 Å². The summed E-state index contributed by atoms with van der Waals surface area (Å²) < 4.78 is 5.89. The number of anilines is 1. The lowest BCUT2D eigenvalue weighted by atomic mass is 9.98. The summed E-state index contributed by atoms with van der Waals surface area (Å²) in [6, 6.07) is 9.63. The molecule has 0 aromatic carbocycles. The molecule has 118 valence electrons. The number of nitriles is 1. The van der Waals surface area contributed by atoms with E-state index in [1.807, 2.05) is 25.1 Å². The molecule has 0 atom stereocenters. The number of aromatic nitrogens is 2. The van der Waals surface area contributed by atoms with Crippen LogP contribution in [-0.4, -0.2) is 29.7 Å². The number of aryl methyl sites for hydroxylation is 1. The zero-order valence-electron chi connectivity index (χ0n) is 13.3. The van der Waals surface area contributed by atoms with Crippen molar-refractivity contribution in [1.82, 2.24) is 9.97 Å². The minimum atomic E-state index is 0.555. The van der Waals surface area contributed by atoms with Crippen LogP contribution >= 0.6 is 0 Å². The average molecular weight is 308 g/mol. The number of hydrogen-bond donors (Lipinski definition) is 0. The summed E-state index contributed by atoms with van der Waals surface area (Å²) >= 11 is 0. The molecular weight excluding hydrogens is 288 g/mol. The van der Waals surface area contributed by atoms with Gasteiger partial charge in [-0.25, -0.2) is 4.98 Å². The Hall–Kier alpha value is -2.61. The number of nitrogens with zero attached hydrogens (tertiary/aromatic N) is 4. The van der Waals surface area contributed by atoms with Crippen molar-refractivity contribution in [3.63, 3.8) is 0 Å². The Labute approximate surface area is 136 Å². The SMILES string of the molecule is Cc1cc(OCC2CCN(c3cc(C#N)ccn3)CC2)ccn1. The lowest BCUT2D eigenvalue weighted by Gasteiger charge is -2.32. The maximum absolute atomic E-state index is 8.98. The van der Waals surface area contributed by atoms with Gasteiger partial charge in [-0.1, -0.05) is 0 Å². The molecule has 0 N–H and O–H groups in total. The fourth-order valence-corrected chi connectivity index (χ4v) is 2.81. The van der Waals surface area contributed by atoms with Crippen LogP contribution in [0.15, 0.2) is 36.7 Å². The molecule has 0 bridgehead atoms. The molecule has 5 nitrogen and oxygen atoms in total. The monoisotopic (exact) mass is 308 g/mol. The molecular formula is C18H20N4O. The van der Waals surface area contributed by atoms with Crippen molar-refractivity contribution < 1.29 is 4.74 Å². The largest absolute Gasteiger partial charge is 0.493 e. The van der Waals surface area contributed by atoms with Crippen LogP contribution in [0.4, 0.5) is 5.82 Å². The maximum atomic E-state index is 8.98. The molecule has 0 unspecified atom stereocenters. The van der Waals surface area contributed by atoms with Crippen LogP contribution in [0.3, 0.4) is 0 Å². The Kier molecular flexibility index (Phi) is 4.72. The second-order valence-electron chi connectivity index (χ2n) is 5.89. The van der Waals surface area contributed by atoms with Crippen LogP contribution < -0.4 is 9.64 Å². The molecule has 0 aliphatic carbocycles. The van der Waals surface area contributed by atoms with E-state index >= 15 is 0 Å². The van der Waals surface area contributed by atoms with E-state index in [1.165, 1.54) is 0 Å². The molecule has 5 heteroatoms. The first-order valence-corrected chi connectivity index (χ1v) is 7.91. The molecule has 0 saturated carbocycles. The maximum Gasteiger partial charge on any atom is 0.129 e. The zero-order chi connectivity index (χ0) is 16.1. The average Bonchev–Trinajstić information content (AvgIpc) is 2.60. The van der Waals surface area contributed by atoms with E-state index in [4.69, 9.17) is 10.00 Å². The fraction of sp³-hybridized carbons (Fsp3) is 0.389. The number of ether oxygens (including phenoxy) is 1. The quantitative estimate of drug-likeness (QED) is 0.869. The Morgan fingerprint density at radius 1 is 1.22 bits per heavy atom. The Balaban J connectivity index is 1.51. The number of piperidine rings is 1. The Morgan fingerprint density at radius 2 is 2.00 bits per heavy atom. The molecule has 0 spiro atoms. The van der Waals surface area contributed by atoms with Crippen molar-refractivity contribution in [2.24, 2.45) is 5.92 Å². The molecule has 23 heavy (non-hydrogen) atoms. The van der Waals surface area contributed by atoms with Gasteiger partial charge in [0, 0.05) is 37.2 Å². The summed E-state index contributed by atoms with van der Waals surface area (Å²) in [6.45, 7) is 4.60. The van der Waals surface area contributed by atoms with Crippen molar-refractivity contribution in [1.29, 1.82) is 5.26 Å². The van der Waals surface area contributed by atoms with Gasteiger partial charge in [0.1, 0.15) is 11.6 Å². The lowest BCUT2D eigenvalue weighted by molar-refractivity contribution is 0.222. The number of pyridine rings is 2.